The van der Waals surface area contributed by atoms with Gasteiger partial charge in [-0.1, -0.05) is 13.0 Å². The molecule has 40 heavy (non-hydrogen) atoms. The Morgan fingerprint density at radius 3 is 2.60 bits per heavy atom. The quantitative estimate of drug-likeness (QED) is 0.219. The number of nitrogens with one attached hydrogen (secondary N) is 2. The Balaban J connectivity index is 1.72. The molecule has 2 atom stereocenters. The van der Waals surface area contributed by atoms with Crippen molar-refractivity contribution in [3.63, 3.8) is 0 Å². The van der Waals surface area contributed by atoms with E-state index in [1.54, 1.807) is 6.07 Å². The Bertz CT molecular complexity index is 1350. The second kappa shape index (κ2) is 11.5. The standard InChI is InChI=1S/C27H34N4O8S/c1-4-22(33)31(23(25(35)28-13-14-39-5-2)27(11-6-12-27)40(3,37)38)18-7-8-19-17(15-18)16-30(26(19)36)20-9-10-21(32)29-24(20)34/h4,7-8,15,20,23H,1,5-6,9-14,16H2,2-3H3,(H,28,35)(H,29,32,34). The van der Waals surface area contributed by atoms with Gasteiger partial charge in [0.05, 0.1) is 6.61 Å². The number of fused-ring (bicyclic) bond motifs is 1. The van der Waals surface area contributed by atoms with Crippen LogP contribution in [0.2, 0.25) is 0 Å². The van der Waals surface area contributed by atoms with E-state index >= 15 is 0 Å². The maximum Gasteiger partial charge on any atom is 0.255 e. The fraction of sp³-hybridized carbons (Fsp3) is 0.519. The van der Waals surface area contributed by atoms with Gasteiger partial charge in [0.2, 0.25) is 17.7 Å². The molecule has 2 fully saturated rings. The van der Waals surface area contributed by atoms with Gasteiger partial charge in [-0.3, -0.25) is 34.2 Å². The molecule has 1 saturated heterocycles. The van der Waals surface area contributed by atoms with Crippen LogP contribution in [-0.2, 0) is 40.3 Å². The van der Waals surface area contributed by atoms with E-state index < -0.39 is 56.2 Å². The smallest absolute Gasteiger partial charge is 0.255 e. The number of sulfone groups is 1. The third-order valence-corrected chi connectivity index (χ3v) is 10.00. The summed E-state index contributed by atoms with van der Waals surface area (Å²) in [5.41, 5.74) is 1.05. The van der Waals surface area contributed by atoms with Gasteiger partial charge in [0.25, 0.3) is 11.8 Å². The summed E-state index contributed by atoms with van der Waals surface area (Å²) in [4.78, 5) is 66.7. The molecule has 1 aromatic rings. The number of anilines is 1. The van der Waals surface area contributed by atoms with E-state index in [0.29, 0.717) is 24.2 Å². The van der Waals surface area contributed by atoms with Crippen molar-refractivity contribution in [1.29, 1.82) is 0 Å². The Labute approximate surface area is 233 Å². The predicted molar refractivity (Wildman–Crippen MR) is 145 cm³/mol. The van der Waals surface area contributed by atoms with E-state index in [9.17, 15) is 32.4 Å². The molecule has 1 aliphatic carbocycles. The number of benzene rings is 1. The lowest BCUT2D eigenvalue weighted by Gasteiger charge is -2.48. The van der Waals surface area contributed by atoms with Gasteiger partial charge in [0.1, 0.15) is 16.8 Å². The molecule has 0 aromatic heterocycles. The molecule has 13 heteroatoms. The van der Waals surface area contributed by atoms with Crippen LogP contribution in [0.1, 0.15) is 54.9 Å². The van der Waals surface area contributed by atoms with Crippen LogP contribution in [0.4, 0.5) is 5.69 Å². The van der Waals surface area contributed by atoms with Gasteiger partial charge in [-0.15, -0.1) is 0 Å². The average molecular weight is 575 g/mol. The fourth-order valence-electron chi connectivity index (χ4n) is 5.66. The number of rotatable bonds is 11. The van der Waals surface area contributed by atoms with Crippen LogP contribution in [0.15, 0.2) is 30.9 Å². The number of ether oxygens (including phenoxy) is 1. The minimum atomic E-state index is -3.81. The van der Waals surface area contributed by atoms with Crippen molar-refractivity contribution >= 4 is 45.1 Å². The van der Waals surface area contributed by atoms with Gasteiger partial charge < -0.3 is 15.0 Å². The maximum absolute atomic E-state index is 13.6. The summed E-state index contributed by atoms with van der Waals surface area (Å²) < 4.78 is 30.0. The summed E-state index contributed by atoms with van der Waals surface area (Å²) in [5.74, 6) is -2.65. The van der Waals surface area contributed by atoms with E-state index in [0.717, 1.165) is 17.2 Å². The number of amides is 5. The maximum atomic E-state index is 13.6. The van der Waals surface area contributed by atoms with Crippen LogP contribution in [0, 0.1) is 0 Å². The zero-order valence-corrected chi connectivity index (χ0v) is 23.4. The second-order valence-electron chi connectivity index (χ2n) is 10.2. The molecule has 3 aliphatic rings. The largest absolute Gasteiger partial charge is 0.380 e. The van der Waals surface area contributed by atoms with Crippen molar-refractivity contribution in [1.82, 2.24) is 15.5 Å². The molecule has 1 aromatic carbocycles. The Kier molecular flexibility index (Phi) is 8.45. The molecule has 2 aliphatic heterocycles. The highest BCUT2D eigenvalue weighted by molar-refractivity contribution is 7.92. The fourth-order valence-corrected chi connectivity index (χ4v) is 7.31. The highest BCUT2D eigenvalue weighted by Crippen LogP contribution is 2.45. The molecule has 2 unspecified atom stereocenters. The number of piperidine rings is 1. The van der Waals surface area contributed by atoms with Crippen molar-refractivity contribution in [2.75, 3.05) is 30.9 Å². The lowest BCUT2D eigenvalue weighted by molar-refractivity contribution is -0.137. The summed E-state index contributed by atoms with van der Waals surface area (Å²) in [6.45, 7) is 6.21. The number of hydrogen-bond donors (Lipinski definition) is 2. The Morgan fingerprint density at radius 1 is 1.30 bits per heavy atom. The van der Waals surface area contributed by atoms with E-state index in [4.69, 9.17) is 4.74 Å². The first-order chi connectivity index (χ1) is 18.9. The molecule has 5 amide bonds. The van der Waals surface area contributed by atoms with E-state index in [1.165, 1.54) is 17.0 Å². The lowest BCUT2D eigenvalue weighted by atomic mass is 9.77. The highest BCUT2D eigenvalue weighted by Gasteiger charge is 2.58. The minimum Gasteiger partial charge on any atom is -0.380 e. The molecule has 0 bridgehead atoms. The molecular weight excluding hydrogens is 540 g/mol. The third kappa shape index (κ3) is 5.27. The topological polar surface area (TPSA) is 159 Å². The molecule has 12 nitrogen and oxygen atoms in total. The van der Waals surface area contributed by atoms with Gasteiger partial charge >= 0.3 is 0 Å². The van der Waals surface area contributed by atoms with Crippen LogP contribution in [0.25, 0.3) is 0 Å². The molecule has 0 spiro atoms. The number of carbonyl (C=O) groups is 5. The molecule has 1 saturated carbocycles. The summed E-state index contributed by atoms with van der Waals surface area (Å²) in [6, 6.07) is 2.33. The SMILES string of the molecule is C=CC(=O)N(c1ccc2c(c1)CN(C1CCC(=O)NC1=O)C2=O)C(C(=O)NCCOCC)C1(S(C)(=O)=O)CCC1. The van der Waals surface area contributed by atoms with E-state index in [1.807, 2.05) is 6.92 Å². The zero-order valence-electron chi connectivity index (χ0n) is 22.6. The van der Waals surface area contributed by atoms with E-state index in [-0.39, 0.29) is 51.1 Å². The second-order valence-corrected chi connectivity index (χ2v) is 12.6. The number of nitrogens with zero attached hydrogens (tertiary/aromatic N) is 2. The highest BCUT2D eigenvalue weighted by atomic mass is 32.2. The first kappa shape index (κ1) is 29.4. The molecule has 0 radical (unpaired) electrons. The normalized spacial score (nSPS) is 20.7. The van der Waals surface area contributed by atoms with Crippen molar-refractivity contribution in [3.05, 3.63) is 42.0 Å². The van der Waals surface area contributed by atoms with Crippen LogP contribution < -0.4 is 15.5 Å². The number of carbonyl (C=O) groups excluding carboxylic acids is 5. The lowest BCUT2D eigenvalue weighted by Crippen LogP contribution is -2.67. The van der Waals surface area contributed by atoms with Gasteiger partial charge in [-0.2, -0.15) is 0 Å². The molecule has 2 N–H and O–H groups in total. The molecular formula is C27H34N4O8S. The Morgan fingerprint density at radius 2 is 2.02 bits per heavy atom. The summed E-state index contributed by atoms with van der Waals surface area (Å²) in [7, 11) is -3.81. The van der Waals surface area contributed by atoms with Crippen LogP contribution in [0.5, 0.6) is 0 Å². The third-order valence-electron chi connectivity index (χ3n) is 7.89. The number of hydrogen-bond acceptors (Lipinski definition) is 8. The minimum absolute atomic E-state index is 0.0485. The monoisotopic (exact) mass is 574 g/mol. The predicted octanol–water partition coefficient (Wildman–Crippen LogP) is 0.455. The van der Waals surface area contributed by atoms with Crippen molar-refractivity contribution in [2.45, 2.75) is 62.4 Å². The first-order valence-electron chi connectivity index (χ1n) is 13.2. The summed E-state index contributed by atoms with van der Waals surface area (Å²) >= 11 is 0. The van der Waals surface area contributed by atoms with Crippen LogP contribution in [-0.4, -0.2) is 85.7 Å². The van der Waals surface area contributed by atoms with Gasteiger partial charge in [0.15, 0.2) is 9.84 Å². The van der Waals surface area contributed by atoms with Crippen molar-refractivity contribution in [3.8, 4) is 0 Å². The van der Waals surface area contributed by atoms with Crippen molar-refractivity contribution in [2.24, 2.45) is 0 Å². The van der Waals surface area contributed by atoms with Crippen LogP contribution >= 0.6 is 0 Å². The summed E-state index contributed by atoms with van der Waals surface area (Å²) in [6.07, 6.45) is 3.36. The number of imide groups is 1. The van der Waals surface area contributed by atoms with Crippen LogP contribution in [0.3, 0.4) is 0 Å². The van der Waals surface area contributed by atoms with Gasteiger partial charge in [0, 0.05) is 43.6 Å². The zero-order chi connectivity index (χ0) is 29.2. The van der Waals surface area contributed by atoms with E-state index in [2.05, 4.69) is 17.2 Å². The Hall–Kier alpha value is -3.58. The average Bonchev–Trinajstić information content (AvgIpc) is 3.19. The molecule has 216 valence electrons. The molecule has 2 heterocycles. The first-order valence-corrected chi connectivity index (χ1v) is 15.1. The molecule has 4 rings (SSSR count). The van der Waals surface area contributed by atoms with Crippen molar-refractivity contribution < 1.29 is 37.1 Å². The van der Waals surface area contributed by atoms with Gasteiger partial charge in [-0.25, -0.2) is 8.42 Å². The van der Waals surface area contributed by atoms with Gasteiger partial charge in [-0.05, 0) is 56.0 Å². The summed E-state index contributed by atoms with van der Waals surface area (Å²) in [5, 5.41) is 4.98.